The topological polar surface area (TPSA) is 63.6 Å². The summed E-state index contributed by atoms with van der Waals surface area (Å²) in [7, 11) is 1.84. The zero-order valence-electron chi connectivity index (χ0n) is 19.7. The molecule has 4 rings (SSSR count). The molecule has 1 aliphatic heterocycles. The van der Waals surface area contributed by atoms with Gasteiger partial charge in [0.15, 0.2) is 5.69 Å². The number of esters is 1. The first kappa shape index (κ1) is 21.9. The molecule has 1 N–H and O–H groups in total. The van der Waals surface area contributed by atoms with Crippen molar-refractivity contribution in [1.29, 1.82) is 0 Å². The number of aromatic nitrogens is 1. The predicted molar refractivity (Wildman–Crippen MR) is 123 cm³/mol. The van der Waals surface area contributed by atoms with Crippen LogP contribution < -0.4 is 5.32 Å². The summed E-state index contributed by atoms with van der Waals surface area (Å²) in [6.45, 7) is 12.4. The van der Waals surface area contributed by atoms with Gasteiger partial charge in [-0.15, -0.1) is 0 Å². The van der Waals surface area contributed by atoms with Crippen LogP contribution in [0.1, 0.15) is 63.0 Å². The van der Waals surface area contributed by atoms with Crippen LogP contribution in [-0.4, -0.2) is 47.1 Å². The number of likely N-dealkylation sites (tertiary alicyclic amines) is 1. The molecule has 1 aliphatic carbocycles. The van der Waals surface area contributed by atoms with Crippen LogP contribution in [0.15, 0.2) is 18.2 Å². The molecule has 1 amide bonds. The molecule has 1 saturated heterocycles. The first-order valence-corrected chi connectivity index (χ1v) is 11.3. The van der Waals surface area contributed by atoms with Gasteiger partial charge in [-0.05, 0) is 56.1 Å². The summed E-state index contributed by atoms with van der Waals surface area (Å²) in [5.74, 6) is -0.492. The molecule has 6 nitrogen and oxygen atoms in total. The molecule has 2 fully saturated rings. The Morgan fingerprint density at radius 1 is 1.23 bits per heavy atom. The quantitative estimate of drug-likeness (QED) is 0.717. The van der Waals surface area contributed by atoms with Crippen molar-refractivity contribution in [3.05, 3.63) is 29.5 Å². The molecule has 2 aliphatic rings. The van der Waals surface area contributed by atoms with Gasteiger partial charge in [0.05, 0.1) is 24.4 Å². The third kappa shape index (κ3) is 4.10. The van der Waals surface area contributed by atoms with Crippen LogP contribution >= 0.6 is 0 Å². The van der Waals surface area contributed by atoms with Gasteiger partial charge in [0.25, 0.3) is 0 Å². The highest BCUT2D eigenvalue weighted by Gasteiger charge is 2.49. The van der Waals surface area contributed by atoms with Crippen molar-refractivity contribution in [2.45, 2.75) is 59.9 Å². The van der Waals surface area contributed by atoms with Gasteiger partial charge in [-0.2, -0.15) is 0 Å². The van der Waals surface area contributed by atoms with E-state index in [0.717, 1.165) is 35.9 Å². The molecule has 1 aromatic heterocycles. The fourth-order valence-corrected chi connectivity index (χ4v) is 6.25. The van der Waals surface area contributed by atoms with E-state index in [0.29, 0.717) is 29.4 Å². The van der Waals surface area contributed by atoms with E-state index in [1.807, 2.05) is 36.7 Å². The number of aryl methyl sites for hydroxylation is 2. The highest BCUT2D eigenvalue weighted by Crippen LogP contribution is 2.52. The second kappa shape index (κ2) is 7.66. The highest BCUT2D eigenvalue weighted by atomic mass is 16.5. The van der Waals surface area contributed by atoms with E-state index < -0.39 is 5.97 Å². The Morgan fingerprint density at radius 2 is 1.97 bits per heavy atom. The Hall–Kier alpha value is -2.34. The van der Waals surface area contributed by atoms with E-state index in [-0.39, 0.29) is 17.9 Å². The van der Waals surface area contributed by atoms with Crippen LogP contribution in [0.4, 0.5) is 5.69 Å². The molecule has 2 aromatic rings. The van der Waals surface area contributed by atoms with Gasteiger partial charge in [-0.25, -0.2) is 4.79 Å². The number of fused-ring (bicyclic) bond motifs is 3. The summed E-state index contributed by atoms with van der Waals surface area (Å²) in [6, 6.07) is 6.45. The fourth-order valence-electron chi connectivity index (χ4n) is 6.25. The van der Waals surface area contributed by atoms with Crippen molar-refractivity contribution in [2.24, 2.45) is 17.9 Å². The van der Waals surface area contributed by atoms with Crippen molar-refractivity contribution < 1.29 is 14.3 Å². The zero-order chi connectivity index (χ0) is 22.6. The molecular formula is C25H35N3O3. The summed E-state index contributed by atoms with van der Waals surface area (Å²) < 4.78 is 7.11. The molecule has 2 heterocycles. The standard InChI is InChI=1S/C25H35N3O3/c1-7-31-23(30)22-21(18-10-16(2)8-9-19(18)27(22)6)26-20(29)13-28-15-25(5)12-17(28)11-24(3,4)14-25/h8-10,17H,7,11-15H2,1-6H3,(H,26,29)/t17-,25-/m0/s1. The number of benzene rings is 1. The Balaban J connectivity index is 1.61. The largest absolute Gasteiger partial charge is 0.461 e. The molecular weight excluding hydrogens is 390 g/mol. The number of carbonyl (C=O) groups is 2. The number of ether oxygens (including phenoxy) is 1. The smallest absolute Gasteiger partial charge is 0.357 e. The number of hydrogen-bond donors (Lipinski definition) is 1. The van der Waals surface area contributed by atoms with Crippen molar-refractivity contribution in [2.75, 3.05) is 25.0 Å². The van der Waals surface area contributed by atoms with Crippen LogP contribution in [-0.2, 0) is 16.6 Å². The summed E-state index contributed by atoms with van der Waals surface area (Å²) in [5, 5.41) is 3.95. The summed E-state index contributed by atoms with van der Waals surface area (Å²) in [4.78, 5) is 28.2. The predicted octanol–water partition coefficient (Wildman–Crippen LogP) is 4.50. The number of nitrogens with zero attached hydrogens (tertiary/aromatic N) is 2. The summed E-state index contributed by atoms with van der Waals surface area (Å²) in [6.07, 6.45) is 3.48. The van der Waals surface area contributed by atoms with Gasteiger partial charge >= 0.3 is 5.97 Å². The third-order valence-corrected chi connectivity index (χ3v) is 6.96. The number of carbonyl (C=O) groups excluding carboxylic acids is 2. The minimum absolute atomic E-state index is 0.0755. The third-order valence-electron chi connectivity index (χ3n) is 6.96. The number of hydrogen-bond acceptors (Lipinski definition) is 4. The lowest BCUT2D eigenvalue weighted by molar-refractivity contribution is -0.117. The lowest BCUT2D eigenvalue weighted by Crippen LogP contribution is -2.38. The number of anilines is 1. The molecule has 31 heavy (non-hydrogen) atoms. The average molecular weight is 426 g/mol. The minimum Gasteiger partial charge on any atom is -0.461 e. The van der Waals surface area contributed by atoms with Crippen molar-refractivity contribution in [3.8, 4) is 0 Å². The van der Waals surface area contributed by atoms with Crippen molar-refractivity contribution in [3.63, 3.8) is 0 Å². The van der Waals surface area contributed by atoms with E-state index >= 15 is 0 Å². The van der Waals surface area contributed by atoms with Gasteiger partial charge < -0.3 is 14.6 Å². The first-order valence-electron chi connectivity index (χ1n) is 11.3. The van der Waals surface area contributed by atoms with E-state index in [1.165, 1.54) is 6.42 Å². The van der Waals surface area contributed by atoms with Crippen LogP contribution in [0.3, 0.4) is 0 Å². The van der Waals surface area contributed by atoms with Crippen LogP contribution in [0.2, 0.25) is 0 Å². The van der Waals surface area contributed by atoms with Crippen LogP contribution in [0, 0.1) is 17.8 Å². The van der Waals surface area contributed by atoms with Gasteiger partial charge in [0.1, 0.15) is 0 Å². The molecule has 0 radical (unpaired) electrons. The molecule has 0 spiro atoms. The minimum atomic E-state index is -0.416. The summed E-state index contributed by atoms with van der Waals surface area (Å²) >= 11 is 0. The lowest BCUT2D eigenvalue weighted by Gasteiger charge is -2.39. The molecule has 1 saturated carbocycles. The van der Waals surface area contributed by atoms with Crippen LogP contribution in [0.5, 0.6) is 0 Å². The van der Waals surface area contributed by atoms with Crippen molar-refractivity contribution in [1.82, 2.24) is 9.47 Å². The van der Waals surface area contributed by atoms with E-state index in [4.69, 9.17) is 4.74 Å². The maximum atomic E-state index is 13.2. The van der Waals surface area contributed by atoms with Crippen LogP contribution in [0.25, 0.3) is 10.9 Å². The van der Waals surface area contributed by atoms with E-state index in [2.05, 4.69) is 31.0 Å². The van der Waals surface area contributed by atoms with Crippen molar-refractivity contribution >= 4 is 28.5 Å². The molecule has 168 valence electrons. The van der Waals surface area contributed by atoms with Gasteiger partial charge in [0.2, 0.25) is 5.91 Å². The SMILES string of the molecule is CCOC(=O)c1c(NC(=O)CN2C[C@@]3(C)C[C@@H]2CC(C)(C)C3)c2cc(C)ccc2n1C. The molecule has 2 bridgehead atoms. The second-order valence-corrected chi connectivity index (χ2v) is 10.7. The molecule has 0 unspecified atom stereocenters. The number of nitrogens with one attached hydrogen (secondary N) is 1. The Morgan fingerprint density at radius 3 is 2.68 bits per heavy atom. The highest BCUT2D eigenvalue weighted by molar-refractivity contribution is 6.11. The average Bonchev–Trinajstić information content (AvgIpc) is 3.04. The second-order valence-electron chi connectivity index (χ2n) is 10.7. The Labute approximate surface area is 184 Å². The number of amides is 1. The van der Waals surface area contributed by atoms with Gasteiger partial charge in [-0.3, -0.25) is 9.69 Å². The Bertz CT molecular complexity index is 1040. The summed E-state index contributed by atoms with van der Waals surface area (Å²) in [5.41, 5.74) is 3.51. The normalized spacial score (nSPS) is 25.0. The van der Waals surface area contributed by atoms with Gasteiger partial charge in [0, 0.05) is 25.0 Å². The molecule has 6 heteroatoms. The van der Waals surface area contributed by atoms with E-state index in [1.54, 1.807) is 6.92 Å². The zero-order valence-corrected chi connectivity index (χ0v) is 19.7. The first-order chi connectivity index (χ1) is 14.5. The monoisotopic (exact) mass is 425 g/mol. The fraction of sp³-hybridized carbons (Fsp3) is 0.600. The lowest BCUT2D eigenvalue weighted by atomic mass is 9.65. The number of rotatable bonds is 5. The van der Waals surface area contributed by atoms with E-state index in [9.17, 15) is 9.59 Å². The Kier molecular flexibility index (Phi) is 5.41. The maximum absolute atomic E-state index is 13.2. The maximum Gasteiger partial charge on any atom is 0.357 e. The molecule has 1 aromatic carbocycles. The molecule has 2 atom stereocenters. The van der Waals surface area contributed by atoms with Gasteiger partial charge in [-0.1, -0.05) is 32.4 Å².